The van der Waals surface area contributed by atoms with E-state index in [-0.39, 0.29) is 17.4 Å². The Bertz CT molecular complexity index is 1080. The van der Waals surface area contributed by atoms with Gasteiger partial charge in [0.2, 0.25) is 5.91 Å². The maximum atomic E-state index is 12.7. The zero-order valence-corrected chi connectivity index (χ0v) is 16.5. The van der Waals surface area contributed by atoms with Crippen LogP contribution in [-0.2, 0) is 11.3 Å². The summed E-state index contributed by atoms with van der Waals surface area (Å²) >= 11 is 2.84. The Labute approximate surface area is 163 Å². The lowest BCUT2D eigenvalue weighted by Crippen LogP contribution is -2.37. The van der Waals surface area contributed by atoms with Gasteiger partial charge < -0.3 is 10.1 Å². The smallest absolute Gasteiger partial charge is 0.257 e. The van der Waals surface area contributed by atoms with Gasteiger partial charge in [-0.2, -0.15) is 0 Å². The van der Waals surface area contributed by atoms with Crippen molar-refractivity contribution in [3.63, 3.8) is 0 Å². The molecule has 1 N–H and O–H groups in total. The van der Waals surface area contributed by atoms with Crippen LogP contribution < -0.4 is 15.6 Å². The number of amides is 1. The van der Waals surface area contributed by atoms with E-state index in [0.717, 1.165) is 16.0 Å². The molecule has 1 atom stereocenters. The predicted molar refractivity (Wildman–Crippen MR) is 107 cm³/mol. The SMILES string of the molecule is CCOc1ccc2nc(NC(=O)[C@@H]3CSc4ncc(C)c(=O)n4C3)sc2c1. The number of thioether (sulfide) groups is 1. The maximum Gasteiger partial charge on any atom is 0.257 e. The Balaban J connectivity index is 1.51. The second-order valence-electron chi connectivity index (χ2n) is 6.22. The number of aryl methyl sites for hydroxylation is 1. The van der Waals surface area contributed by atoms with Gasteiger partial charge in [0.05, 0.1) is 22.7 Å². The monoisotopic (exact) mass is 402 g/mol. The standard InChI is InChI=1S/C18H18N4O3S2/c1-3-25-12-4-5-13-14(6-12)27-17(20-13)21-15(23)11-8-22-16(24)10(2)7-19-18(22)26-9-11/h4-7,11H,3,8-9H2,1-2H3,(H,20,21,23)/t11-/m0/s1. The van der Waals surface area contributed by atoms with E-state index in [1.807, 2.05) is 25.1 Å². The van der Waals surface area contributed by atoms with Gasteiger partial charge in [0.25, 0.3) is 5.56 Å². The number of nitrogens with zero attached hydrogens (tertiary/aromatic N) is 3. The highest BCUT2D eigenvalue weighted by Gasteiger charge is 2.27. The second-order valence-corrected chi connectivity index (χ2v) is 8.24. The van der Waals surface area contributed by atoms with Crippen molar-refractivity contribution in [1.29, 1.82) is 0 Å². The van der Waals surface area contributed by atoms with Crippen LogP contribution in [0.5, 0.6) is 5.75 Å². The molecular weight excluding hydrogens is 384 g/mol. The first-order valence-electron chi connectivity index (χ1n) is 8.58. The average molecular weight is 403 g/mol. The molecule has 1 amide bonds. The van der Waals surface area contributed by atoms with Gasteiger partial charge in [0.15, 0.2) is 10.3 Å². The van der Waals surface area contributed by atoms with E-state index in [1.54, 1.807) is 17.7 Å². The zero-order valence-electron chi connectivity index (χ0n) is 14.9. The lowest BCUT2D eigenvalue weighted by molar-refractivity contribution is -0.119. The maximum absolute atomic E-state index is 12.7. The lowest BCUT2D eigenvalue weighted by Gasteiger charge is -2.23. The number of hydrogen-bond donors (Lipinski definition) is 1. The Morgan fingerprint density at radius 2 is 2.30 bits per heavy atom. The van der Waals surface area contributed by atoms with Crippen molar-refractivity contribution in [2.45, 2.75) is 25.5 Å². The first-order valence-corrected chi connectivity index (χ1v) is 10.4. The number of fused-ring (bicyclic) bond motifs is 2. The second kappa shape index (κ2) is 7.32. The number of rotatable bonds is 4. The number of anilines is 1. The number of benzene rings is 1. The number of nitrogens with one attached hydrogen (secondary N) is 1. The highest BCUT2D eigenvalue weighted by atomic mass is 32.2. The number of thiazole rings is 1. The fraction of sp³-hybridized carbons (Fsp3) is 0.333. The average Bonchev–Trinajstić information content (AvgIpc) is 3.06. The fourth-order valence-corrected chi connectivity index (χ4v) is 4.83. The molecule has 0 aliphatic carbocycles. The molecule has 0 bridgehead atoms. The third-order valence-electron chi connectivity index (χ3n) is 4.27. The van der Waals surface area contributed by atoms with Crippen molar-refractivity contribution in [2.24, 2.45) is 5.92 Å². The van der Waals surface area contributed by atoms with Crippen molar-refractivity contribution in [2.75, 3.05) is 17.7 Å². The molecule has 4 rings (SSSR count). The molecule has 9 heteroatoms. The number of ether oxygens (including phenoxy) is 1. The molecule has 7 nitrogen and oxygen atoms in total. The third kappa shape index (κ3) is 3.57. The molecule has 0 unspecified atom stereocenters. The highest BCUT2D eigenvalue weighted by Crippen LogP contribution is 2.31. The molecule has 1 aliphatic rings. The van der Waals surface area contributed by atoms with Gasteiger partial charge in [0, 0.05) is 24.1 Å². The molecule has 0 spiro atoms. The summed E-state index contributed by atoms with van der Waals surface area (Å²) in [6.45, 7) is 4.60. The van der Waals surface area contributed by atoms with E-state index in [9.17, 15) is 9.59 Å². The van der Waals surface area contributed by atoms with Gasteiger partial charge in [-0.25, -0.2) is 9.97 Å². The molecule has 0 saturated carbocycles. The molecular formula is C18H18N4O3S2. The quantitative estimate of drug-likeness (QED) is 0.676. The molecule has 3 aromatic rings. The summed E-state index contributed by atoms with van der Waals surface area (Å²) in [7, 11) is 0. The summed E-state index contributed by atoms with van der Waals surface area (Å²) in [6.07, 6.45) is 1.58. The summed E-state index contributed by atoms with van der Waals surface area (Å²) in [5.74, 6) is 0.926. The summed E-state index contributed by atoms with van der Waals surface area (Å²) in [6, 6.07) is 5.67. The van der Waals surface area contributed by atoms with Crippen LogP contribution >= 0.6 is 23.1 Å². The van der Waals surface area contributed by atoms with Crippen LogP contribution in [0.15, 0.2) is 34.3 Å². The summed E-state index contributed by atoms with van der Waals surface area (Å²) in [5.41, 5.74) is 1.31. The van der Waals surface area contributed by atoms with Crippen LogP contribution in [0.4, 0.5) is 5.13 Å². The van der Waals surface area contributed by atoms with Crippen molar-refractivity contribution in [3.05, 3.63) is 40.3 Å². The van der Waals surface area contributed by atoms with E-state index in [2.05, 4.69) is 15.3 Å². The van der Waals surface area contributed by atoms with Crippen LogP contribution in [0, 0.1) is 12.8 Å². The molecule has 2 aromatic heterocycles. The van der Waals surface area contributed by atoms with Crippen molar-refractivity contribution < 1.29 is 9.53 Å². The van der Waals surface area contributed by atoms with Gasteiger partial charge in [-0.15, -0.1) is 0 Å². The van der Waals surface area contributed by atoms with Gasteiger partial charge in [-0.1, -0.05) is 23.1 Å². The topological polar surface area (TPSA) is 86.1 Å². The van der Waals surface area contributed by atoms with Crippen LogP contribution in [0.1, 0.15) is 12.5 Å². The Morgan fingerprint density at radius 3 is 3.11 bits per heavy atom. The van der Waals surface area contributed by atoms with E-state index >= 15 is 0 Å². The van der Waals surface area contributed by atoms with E-state index in [0.29, 0.717) is 34.8 Å². The molecule has 140 valence electrons. The molecule has 1 aromatic carbocycles. The van der Waals surface area contributed by atoms with E-state index in [4.69, 9.17) is 4.74 Å². The molecule has 0 fully saturated rings. The number of aromatic nitrogens is 3. The lowest BCUT2D eigenvalue weighted by atomic mass is 10.1. The Morgan fingerprint density at radius 1 is 1.44 bits per heavy atom. The molecule has 0 saturated heterocycles. The normalized spacial score (nSPS) is 16.1. The van der Waals surface area contributed by atoms with Crippen LogP contribution in [0.25, 0.3) is 10.2 Å². The first-order chi connectivity index (χ1) is 13.0. The summed E-state index contributed by atoms with van der Waals surface area (Å²) in [4.78, 5) is 33.7. The number of carbonyl (C=O) groups excluding carboxylic acids is 1. The molecule has 3 heterocycles. The van der Waals surface area contributed by atoms with Crippen molar-refractivity contribution in [3.8, 4) is 5.75 Å². The van der Waals surface area contributed by atoms with Gasteiger partial charge >= 0.3 is 0 Å². The van der Waals surface area contributed by atoms with Gasteiger partial charge in [0.1, 0.15) is 5.75 Å². The van der Waals surface area contributed by atoms with Gasteiger partial charge in [-0.3, -0.25) is 14.2 Å². The van der Waals surface area contributed by atoms with Crippen LogP contribution in [0.2, 0.25) is 0 Å². The highest BCUT2D eigenvalue weighted by molar-refractivity contribution is 7.99. The largest absolute Gasteiger partial charge is 0.494 e. The third-order valence-corrected chi connectivity index (χ3v) is 6.36. The minimum atomic E-state index is -0.310. The summed E-state index contributed by atoms with van der Waals surface area (Å²) in [5, 5.41) is 4.11. The predicted octanol–water partition coefficient (Wildman–Crippen LogP) is 2.92. The van der Waals surface area contributed by atoms with Crippen LogP contribution in [0.3, 0.4) is 0 Å². The van der Waals surface area contributed by atoms with Crippen LogP contribution in [-0.4, -0.2) is 32.8 Å². The number of carbonyl (C=O) groups is 1. The summed E-state index contributed by atoms with van der Waals surface area (Å²) < 4.78 is 8.04. The van der Waals surface area contributed by atoms with Gasteiger partial charge in [-0.05, 0) is 32.0 Å². The van der Waals surface area contributed by atoms with E-state index in [1.165, 1.54) is 23.1 Å². The number of hydrogen-bond acceptors (Lipinski definition) is 7. The van der Waals surface area contributed by atoms with Crippen molar-refractivity contribution in [1.82, 2.24) is 14.5 Å². The zero-order chi connectivity index (χ0) is 19.0. The molecule has 27 heavy (non-hydrogen) atoms. The minimum Gasteiger partial charge on any atom is -0.494 e. The fourth-order valence-electron chi connectivity index (χ4n) is 2.88. The van der Waals surface area contributed by atoms with Crippen molar-refractivity contribution >= 4 is 44.4 Å². The Kier molecular flexibility index (Phi) is 4.88. The minimum absolute atomic E-state index is 0.0894. The Hall–Kier alpha value is -2.39. The molecule has 0 radical (unpaired) electrons. The van der Waals surface area contributed by atoms with E-state index < -0.39 is 0 Å². The first kappa shape index (κ1) is 18.0. The molecule has 1 aliphatic heterocycles.